The first kappa shape index (κ1) is 23.4. The van der Waals surface area contributed by atoms with Crippen LogP contribution in [0.2, 0.25) is 5.02 Å². The average molecular weight is 480 g/mol. The van der Waals surface area contributed by atoms with Crippen LogP contribution in [0.15, 0.2) is 77.6 Å². The molecule has 0 aliphatic carbocycles. The Morgan fingerprint density at radius 1 is 1.09 bits per heavy atom. The Morgan fingerprint density at radius 3 is 2.47 bits per heavy atom. The van der Waals surface area contributed by atoms with E-state index >= 15 is 0 Å². The van der Waals surface area contributed by atoms with Gasteiger partial charge >= 0.3 is 0 Å². The molecule has 4 aromatic rings. The topological polar surface area (TPSA) is 64.4 Å². The molecule has 174 valence electrons. The van der Waals surface area contributed by atoms with Crippen LogP contribution in [-0.4, -0.2) is 33.5 Å². The van der Waals surface area contributed by atoms with Crippen molar-refractivity contribution in [2.24, 2.45) is 0 Å². The maximum atomic E-state index is 14.8. The summed E-state index contributed by atoms with van der Waals surface area (Å²) in [5, 5.41) is 0.929. The molecule has 1 aromatic heterocycles. The highest BCUT2D eigenvalue weighted by Crippen LogP contribution is 2.24. The van der Waals surface area contributed by atoms with E-state index in [0.29, 0.717) is 28.2 Å². The Bertz CT molecular complexity index is 1390. The molecule has 0 spiro atoms. The van der Waals surface area contributed by atoms with E-state index in [9.17, 15) is 14.0 Å². The van der Waals surface area contributed by atoms with Gasteiger partial charge in [-0.25, -0.2) is 9.37 Å². The van der Waals surface area contributed by atoms with Crippen molar-refractivity contribution < 1.29 is 13.9 Å². The second kappa shape index (κ2) is 10.1. The number of carbonyl (C=O) groups is 1. The van der Waals surface area contributed by atoms with Crippen molar-refractivity contribution in [2.75, 3.05) is 13.2 Å². The number of likely N-dealkylation sites (N-methyl/N-ethyl adjacent to an activating group) is 1. The minimum atomic E-state index is -0.636. The molecule has 1 amide bonds. The highest BCUT2D eigenvalue weighted by Gasteiger charge is 2.27. The molecule has 0 N–H and O–H groups in total. The van der Waals surface area contributed by atoms with Gasteiger partial charge in [-0.05, 0) is 62.4 Å². The molecule has 1 atom stereocenters. The first-order valence-corrected chi connectivity index (χ1v) is 11.2. The van der Waals surface area contributed by atoms with Crippen LogP contribution in [0.25, 0.3) is 16.6 Å². The van der Waals surface area contributed by atoms with E-state index in [2.05, 4.69) is 4.98 Å². The van der Waals surface area contributed by atoms with Crippen molar-refractivity contribution in [3.8, 4) is 11.4 Å². The molecule has 0 saturated heterocycles. The van der Waals surface area contributed by atoms with Gasteiger partial charge < -0.3 is 9.64 Å². The van der Waals surface area contributed by atoms with Crippen molar-refractivity contribution in [3.05, 3.63) is 99.8 Å². The lowest BCUT2D eigenvalue weighted by atomic mass is 10.1. The number of nitrogens with zero attached hydrogens (tertiary/aromatic N) is 3. The summed E-state index contributed by atoms with van der Waals surface area (Å²) in [5.41, 5.74) is 0.148. The van der Waals surface area contributed by atoms with Crippen LogP contribution in [0.3, 0.4) is 0 Å². The van der Waals surface area contributed by atoms with Crippen LogP contribution in [-0.2, 0) is 4.79 Å². The smallest absolute Gasteiger partial charge is 0.266 e. The van der Waals surface area contributed by atoms with Crippen molar-refractivity contribution in [2.45, 2.75) is 19.9 Å². The number of halogens is 2. The largest absolute Gasteiger partial charge is 0.484 e. The number of hydrogen-bond donors (Lipinski definition) is 0. The highest BCUT2D eigenvalue weighted by atomic mass is 35.5. The third-order valence-corrected chi connectivity index (χ3v) is 5.83. The lowest BCUT2D eigenvalue weighted by Gasteiger charge is -2.29. The Morgan fingerprint density at radius 2 is 1.76 bits per heavy atom. The Hall–Kier alpha value is -3.71. The molecule has 0 bridgehead atoms. The number of fused-ring (bicyclic) bond motifs is 1. The molecule has 0 saturated carbocycles. The number of benzene rings is 3. The van der Waals surface area contributed by atoms with Crippen molar-refractivity contribution in [1.29, 1.82) is 0 Å². The second-order valence-electron chi connectivity index (χ2n) is 7.68. The van der Waals surface area contributed by atoms with Gasteiger partial charge in [-0.15, -0.1) is 0 Å². The summed E-state index contributed by atoms with van der Waals surface area (Å²) in [5.74, 6) is -0.0907. The molecule has 34 heavy (non-hydrogen) atoms. The van der Waals surface area contributed by atoms with E-state index in [-0.39, 0.29) is 24.0 Å². The molecule has 0 fully saturated rings. The van der Waals surface area contributed by atoms with Crippen LogP contribution >= 0.6 is 11.6 Å². The fraction of sp³-hybridized carbons (Fsp3) is 0.192. The van der Waals surface area contributed by atoms with E-state index in [1.807, 2.05) is 6.92 Å². The minimum Gasteiger partial charge on any atom is -0.484 e. The first-order valence-electron chi connectivity index (χ1n) is 10.8. The summed E-state index contributed by atoms with van der Waals surface area (Å²) >= 11 is 5.90. The van der Waals surface area contributed by atoms with Crippen LogP contribution in [0.5, 0.6) is 5.75 Å². The normalized spacial score (nSPS) is 11.9. The third kappa shape index (κ3) is 4.65. The standard InChI is InChI=1S/C26H23ClFN3O3/c1-3-30(24(32)16-34-19-14-12-18(27)13-15-19)17(2)25-29-22-10-6-4-8-20(22)26(33)31(25)23-11-7-5-9-21(23)28/h4-15,17H,3,16H2,1-2H3. The van der Waals surface area contributed by atoms with Crippen molar-refractivity contribution in [1.82, 2.24) is 14.5 Å². The summed E-state index contributed by atoms with van der Waals surface area (Å²) in [6.07, 6.45) is 0. The van der Waals surface area contributed by atoms with E-state index in [1.54, 1.807) is 72.5 Å². The molecule has 8 heteroatoms. The Labute approximate surface area is 201 Å². The molecule has 0 radical (unpaired) electrons. The molecule has 1 heterocycles. The Balaban J connectivity index is 1.74. The van der Waals surface area contributed by atoms with Crippen LogP contribution in [0, 0.1) is 5.82 Å². The second-order valence-corrected chi connectivity index (χ2v) is 8.11. The van der Waals surface area contributed by atoms with Crippen LogP contribution in [0.4, 0.5) is 4.39 Å². The van der Waals surface area contributed by atoms with Gasteiger partial charge in [0.25, 0.3) is 11.5 Å². The Kier molecular flexibility index (Phi) is 6.93. The summed E-state index contributed by atoms with van der Waals surface area (Å²) in [6.45, 7) is 3.71. The quantitative estimate of drug-likeness (QED) is 0.367. The maximum Gasteiger partial charge on any atom is 0.266 e. The number of carbonyl (C=O) groups excluding carboxylic acids is 1. The van der Waals surface area contributed by atoms with E-state index in [4.69, 9.17) is 16.3 Å². The number of aromatic nitrogens is 2. The fourth-order valence-corrected chi connectivity index (χ4v) is 3.99. The average Bonchev–Trinajstić information content (AvgIpc) is 2.84. The number of ether oxygens (including phenoxy) is 1. The predicted octanol–water partition coefficient (Wildman–Crippen LogP) is 5.17. The third-order valence-electron chi connectivity index (χ3n) is 5.57. The molecule has 0 aliphatic rings. The maximum absolute atomic E-state index is 14.8. The molecule has 4 rings (SSSR count). The van der Waals surface area contributed by atoms with Crippen molar-refractivity contribution >= 4 is 28.4 Å². The highest BCUT2D eigenvalue weighted by molar-refractivity contribution is 6.30. The van der Waals surface area contributed by atoms with Crippen molar-refractivity contribution in [3.63, 3.8) is 0 Å². The fourth-order valence-electron chi connectivity index (χ4n) is 3.86. The van der Waals surface area contributed by atoms with Gasteiger partial charge in [-0.1, -0.05) is 35.9 Å². The molecular formula is C26H23ClFN3O3. The molecule has 6 nitrogen and oxygen atoms in total. The van der Waals surface area contributed by atoms with E-state index < -0.39 is 17.4 Å². The number of hydrogen-bond acceptors (Lipinski definition) is 4. The van der Waals surface area contributed by atoms with Gasteiger partial charge in [-0.2, -0.15) is 0 Å². The van der Waals surface area contributed by atoms with Gasteiger partial charge in [-0.3, -0.25) is 14.2 Å². The number of para-hydroxylation sites is 2. The SMILES string of the molecule is CCN(C(=O)COc1ccc(Cl)cc1)C(C)c1nc2ccccc2c(=O)n1-c1ccccc1F. The molecule has 3 aromatic carbocycles. The molecule has 0 aliphatic heterocycles. The van der Waals surface area contributed by atoms with Gasteiger partial charge in [0, 0.05) is 11.6 Å². The van der Waals surface area contributed by atoms with Gasteiger partial charge in [0.1, 0.15) is 17.4 Å². The zero-order chi connectivity index (χ0) is 24.2. The molecule has 1 unspecified atom stereocenters. The van der Waals surface area contributed by atoms with E-state index in [1.165, 1.54) is 16.7 Å². The van der Waals surface area contributed by atoms with E-state index in [0.717, 1.165) is 0 Å². The van der Waals surface area contributed by atoms with Crippen LogP contribution < -0.4 is 10.3 Å². The summed E-state index contributed by atoms with van der Waals surface area (Å²) < 4.78 is 21.6. The van der Waals surface area contributed by atoms with Gasteiger partial charge in [0.2, 0.25) is 0 Å². The predicted molar refractivity (Wildman–Crippen MR) is 130 cm³/mol. The zero-order valence-corrected chi connectivity index (χ0v) is 19.5. The van der Waals surface area contributed by atoms with Crippen LogP contribution in [0.1, 0.15) is 25.7 Å². The summed E-state index contributed by atoms with van der Waals surface area (Å²) in [7, 11) is 0. The lowest BCUT2D eigenvalue weighted by molar-refractivity contribution is -0.135. The van der Waals surface area contributed by atoms with Gasteiger partial charge in [0.05, 0.1) is 22.6 Å². The monoisotopic (exact) mass is 479 g/mol. The summed E-state index contributed by atoms with van der Waals surface area (Å²) in [6, 6.07) is 19.0. The summed E-state index contributed by atoms with van der Waals surface area (Å²) in [4.78, 5) is 32.7. The molecular weight excluding hydrogens is 457 g/mol. The zero-order valence-electron chi connectivity index (χ0n) is 18.7. The number of rotatable bonds is 7. The number of amides is 1. The first-order chi connectivity index (χ1) is 16.4. The lowest BCUT2D eigenvalue weighted by Crippen LogP contribution is -2.39. The minimum absolute atomic E-state index is 0.0773. The van der Waals surface area contributed by atoms with Gasteiger partial charge in [0.15, 0.2) is 6.61 Å².